The number of amides is 1. The van der Waals surface area contributed by atoms with Gasteiger partial charge in [-0.15, -0.1) is 0 Å². The van der Waals surface area contributed by atoms with Crippen molar-refractivity contribution in [2.24, 2.45) is 0 Å². The van der Waals surface area contributed by atoms with Crippen LogP contribution in [0.15, 0.2) is 71.6 Å². The molecule has 3 aromatic carbocycles. The fraction of sp³-hybridized carbons (Fsp3) is 0.174. The molecule has 0 saturated heterocycles. The van der Waals surface area contributed by atoms with Crippen molar-refractivity contribution in [1.82, 2.24) is 4.31 Å². The number of carbonyl (C=O) groups is 1. The van der Waals surface area contributed by atoms with Crippen LogP contribution in [-0.4, -0.2) is 31.8 Å². The maximum Gasteiger partial charge on any atom is 0.262 e. The third kappa shape index (κ3) is 5.09. The molecule has 0 bridgehead atoms. The van der Waals surface area contributed by atoms with E-state index in [9.17, 15) is 17.6 Å². The SMILES string of the molecule is O=C(COc1cccc(F)c1)Nc1ccc2c(c1)CN(S(=O)(=O)c1ccc(Cl)cc1)CC2. The first kappa shape index (κ1) is 22.3. The minimum absolute atomic E-state index is 0.185. The van der Waals surface area contributed by atoms with Crippen molar-refractivity contribution in [2.75, 3.05) is 18.5 Å². The van der Waals surface area contributed by atoms with Gasteiger partial charge in [0.25, 0.3) is 5.91 Å². The van der Waals surface area contributed by atoms with Gasteiger partial charge in [0.05, 0.1) is 4.90 Å². The molecule has 0 spiro atoms. The molecule has 0 aromatic heterocycles. The molecule has 1 N–H and O–H groups in total. The van der Waals surface area contributed by atoms with Crippen LogP contribution in [0.5, 0.6) is 5.75 Å². The summed E-state index contributed by atoms with van der Waals surface area (Å²) in [5.41, 5.74) is 2.38. The highest BCUT2D eigenvalue weighted by Crippen LogP contribution is 2.27. The highest BCUT2D eigenvalue weighted by molar-refractivity contribution is 7.89. The molecule has 6 nitrogen and oxygen atoms in total. The molecular weight excluding hydrogens is 455 g/mol. The Morgan fingerprint density at radius 1 is 1.06 bits per heavy atom. The number of rotatable bonds is 6. The number of carbonyl (C=O) groups excluding carboxylic acids is 1. The molecule has 3 aromatic rings. The van der Waals surface area contributed by atoms with Crippen LogP contribution in [0.2, 0.25) is 5.02 Å². The van der Waals surface area contributed by atoms with Crippen LogP contribution in [0.3, 0.4) is 0 Å². The lowest BCUT2D eigenvalue weighted by atomic mass is 10.0. The zero-order valence-corrected chi connectivity index (χ0v) is 18.5. The first-order valence-corrected chi connectivity index (χ1v) is 11.7. The van der Waals surface area contributed by atoms with Crippen molar-refractivity contribution in [1.29, 1.82) is 0 Å². The maximum atomic E-state index is 13.2. The van der Waals surface area contributed by atoms with Crippen LogP contribution >= 0.6 is 11.6 Å². The Labute approximate surface area is 190 Å². The van der Waals surface area contributed by atoms with E-state index >= 15 is 0 Å². The van der Waals surface area contributed by atoms with Gasteiger partial charge in [0.1, 0.15) is 11.6 Å². The van der Waals surface area contributed by atoms with Gasteiger partial charge in [0, 0.05) is 29.9 Å². The summed E-state index contributed by atoms with van der Waals surface area (Å²) >= 11 is 5.87. The molecule has 9 heteroatoms. The average molecular weight is 475 g/mol. The molecule has 0 unspecified atom stereocenters. The largest absolute Gasteiger partial charge is 0.484 e. The van der Waals surface area contributed by atoms with E-state index in [1.165, 1.54) is 34.6 Å². The first-order valence-electron chi connectivity index (χ1n) is 9.87. The summed E-state index contributed by atoms with van der Waals surface area (Å²) in [5.74, 6) is -0.597. The van der Waals surface area contributed by atoms with E-state index in [0.717, 1.165) is 11.1 Å². The summed E-state index contributed by atoms with van der Waals surface area (Å²) in [6, 6.07) is 17.0. The number of nitrogens with one attached hydrogen (secondary N) is 1. The van der Waals surface area contributed by atoms with Gasteiger partial charge in [-0.25, -0.2) is 12.8 Å². The summed E-state index contributed by atoms with van der Waals surface area (Å²) in [6.07, 6.45) is 0.569. The highest BCUT2D eigenvalue weighted by Gasteiger charge is 2.28. The van der Waals surface area contributed by atoms with E-state index in [1.807, 2.05) is 6.07 Å². The molecule has 0 radical (unpaired) electrons. The second-order valence-corrected chi connectivity index (χ2v) is 9.69. The molecule has 4 rings (SSSR count). The monoisotopic (exact) mass is 474 g/mol. The maximum absolute atomic E-state index is 13.2. The van der Waals surface area contributed by atoms with Gasteiger partial charge in [0.15, 0.2) is 6.61 Å². The zero-order valence-electron chi connectivity index (χ0n) is 16.9. The standard InChI is InChI=1S/C23H20ClFN2O4S/c24-18-5-8-22(9-6-18)32(29,30)27-11-10-16-4-7-20(12-17(16)14-27)26-23(28)15-31-21-3-1-2-19(25)13-21/h1-9,12-13H,10-11,14-15H2,(H,26,28). The van der Waals surface area contributed by atoms with E-state index in [4.69, 9.17) is 16.3 Å². The van der Waals surface area contributed by atoms with Gasteiger partial charge in [-0.2, -0.15) is 4.31 Å². The Kier molecular flexibility index (Phi) is 6.45. The van der Waals surface area contributed by atoms with E-state index < -0.39 is 21.7 Å². The molecule has 1 aliphatic heterocycles. The Hall–Kier alpha value is -2.94. The molecule has 0 aliphatic carbocycles. The number of hydrogen-bond acceptors (Lipinski definition) is 4. The zero-order chi connectivity index (χ0) is 22.7. The fourth-order valence-electron chi connectivity index (χ4n) is 3.47. The number of halogens is 2. The van der Waals surface area contributed by atoms with Crippen molar-refractivity contribution in [3.05, 3.63) is 88.7 Å². The fourth-order valence-corrected chi connectivity index (χ4v) is 5.02. The quantitative estimate of drug-likeness (QED) is 0.579. The van der Waals surface area contributed by atoms with Crippen molar-refractivity contribution < 1.29 is 22.3 Å². The van der Waals surface area contributed by atoms with Gasteiger partial charge in [-0.05, 0) is 66.1 Å². The van der Waals surface area contributed by atoms with Crippen molar-refractivity contribution in [3.8, 4) is 5.75 Å². The lowest BCUT2D eigenvalue weighted by molar-refractivity contribution is -0.118. The minimum atomic E-state index is -3.66. The Bertz CT molecular complexity index is 1250. The lowest BCUT2D eigenvalue weighted by Crippen LogP contribution is -2.36. The molecule has 32 heavy (non-hydrogen) atoms. The lowest BCUT2D eigenvalue weighted by Gasteiger charge is -2.28. The first-order chi connectivity index (χ1) is 15.3. The average Bonchev–Trinajstić information content (AvgIpc) is 2.77. The smallest absolute Gasteiger partial charge is 0.262 e. The van der Waals surface area contributed by atoms with Crippen molar-refractivity contribution in [2.45, 2.75) is 17.9 Å². The molecule has 1 heterocycles. The number of fused-ring (bicyclic) bond motifs is 1. The second kappa shape index (κ2) is 9.28. The molecule has 1 aliphatic rings. The van der Waals surface area contributed by atoms with Crippen LogP contribution in [0, 0.1) is 5.82 Å². The number of anilines is 1. The number of nitrogens with zero attached hydrogens (tertiary/aromatic N) is 1. The van der Waals surface area contributed by atoms with E-state index in [-0.39, 0.29) is 23.8 Å². The normalized spacial score (nSPS) is 13.9. The van der Waals surface area contributed by atoms with Gasteiger partial charge >= 0.3 is 0 Å². The van der Waals surface area contributed by atoms with E-state index in [2.05, 4.69) is 5.32 Å². The summed E-state index contributed by atoms with van der Waals surface area (Å²) in [7, 11) is -3.66. The minimum Gasteiger partial charge on any atom is -0.484 e. The van der Waals surface area contributed by atoms with Crippen molar-refractivity contribution >= 4 is 33.2 Å². The van der Waals surface area contributed by atoms with Gasteiger partial charge in [-0.3, -0.25) is 4.79 Å². The molecule has 0 fully saturated rings. The van der Waals surface area contributed by atoms with Crippen LogP contribution < -0.4 is 10.1 Å². The van der Waals surface area contributed by atoms with E-state index in [1.54, 1.807) is 30.3 Å². The summed E-state index contributed by atoms with van der Waals surface area (Å²) in [6.45, 7) is 0.284. The Morgan fingerprint density at radius 2 is 1.84 bits per heavy atom. The summed E-state index contributed by atoms with van der Waals surface area (Å²) < 4.78 is 45.9. The predicted octanol–water partition coefficient (Wildman–Crippen LogP) is 4.24. The number of hydrogen-bond donors (Lipinski definition) is 1. The van der Waals surface area contributed by atoms with Gasteiger partial charge < -0.3 is 10.1 Å². The van der Waals surface area contributed by atoms with Gasteiger partial charge in [0.2, 0.25) is 10.0 Å². The number of sulfonamides is 1. The second-order valence-electron chi connectivity index (χ2n) is 7.32. The van der Waals surface area contributed by atoms with Gasteiger partial charge in [-0.1, -0.05) is 23.7 Å². The number of ether oxygens (including phenoxy) is 1. The molecule has 1 amide bonds. The van der Waals surface area contributed by atoms with Crippen LogP contribution in [0.1, 0.15) is 11.1 Å². The van der Waals surface area contributed by atoms with E-state index in [0.29, 0.717) is 23.7 Å². The predicted molar refractivity (Wildman–Crippen MR) is 120 cm³/mol. The Balaban J connectivity index is 1.43. The molecule has 166 valence electrons. The number of benzene rings is 3. The summed E-state index contributed by atoms with van der Waals surface area (Å²) in [5, 5.41) is 3.20. The Morgan fingerprint density at radius 3 is 2.59 bits per heavy atom. The highest BCUT2D eigenvalue weighted by atomic mass is 35.5. The van der Waals surface area contributed by atoms with Crippen LogP contribution in [0.4, 0.5) is 10.1 Å². The molecule has 0 atom stereocenters. The molecular formula is C23H20ClFN2O4S. The van der Waals surface area contributed by atoms with Crippen molar-refractivity contribution in [3.63, 3.8) is 0 Å². The summed E-state index contributed by atoms with van der Waals surface area (Å²) in [4.78, 5) is 12.4. The third-order valence-electron chi connectivity index (χ3n) is 5.08. The third-order valence-corrected chi connectivity index (χ3v) is 7.20. The molecule has 0 saturated carbocycles. The topological polar surface area (TPSA) is 75.7 Å². The van der Waals surface area contributed by atoms with Crippen LogP contribution in [0.25, 0.3) is 0 Å². The van der Waals surface area contributed by atoms with Crippen LogP contribution in [-0.2, 0) is 27.8 Å².